The average Bonchev–Trinajstić information content (AvgIpc) is 2.58. The van der Waals surface area contributed by atoms with Gasteiger partial charge in [0.05, 0.1) is 7.11 Å². The summed E-state index contributed by atoms with van der Waals surface area (Å²) in [5.74, 6) is -0.999. The van der Waals surface area contributed by atoms with Gasteiger partial charge in [0, 0.05) is 11.1 Å². The molecule has 23 heavy (non-hydrogen) atoms. The maximum atomic E-state index is 14.5. The summed E-state index contributed by atoms with van der Waals surface area (Å²) in [4.78, 5) is 0. The van der Waals surface area contributed by atoms with Gasteiger partial charge < -0.3 is 4.74 Å². The van der Waals surface area contributed by atoms with Crippen molar-refractivity contribution in [3.8, 4) is 28.0 Å². The van der Waals surface area contributed by atoms with E-state index in [1.807, 2.05) is 19.1 Å². The van der Waals surface area contributed by atoms with E-state index in [2.05, 4.69) is 0 Å². The van der Waals surface area contributed by atoms with Gasteiger partial charge in [0.2, 0.25) is 0 Å². The second-order valence-electron chi connectivity index (χ2n) is 5.38. The number of methoxy groups -OCH3 is 1. The first-order valence-corrected chi connectivity index (χ1v) is 7.29. The Morgan fingerprint density at radius 3 is 1.52 bits per heavy atom. The molecule has 0 atom stereocenters. The van der Waals surface area contributed by atoms with E-state index < -0.39 is 11.6 Å². The fraction of sp³-hybridized carbons (Fsp3) is 0.100. The molecule has 0 aliphatic rings. The van der Waals surface area contributed by atoms with Gasteiger partial charge in [0.15, 0.2) is 11.6 Å². The Morgan fingerprint density at radius 1 is 0.652 bits per heavy atom. The summed E-state index contributed by atoms with van der Waals surface area (Å²) < 4.78 is 34.0. The zero-order valence-electron chi connectivity index (χ0n) is 12.9. The van der Waals surface area contributed by atoms with Crippen molar-refractivity contribution in [2.75, 3.05) is 7.11 Å². The summed E-state index contributed by atoms with van der Waals surface area (Å²) in [6, 6.07) is 17.4. The summed E-state index contributed by atoms with van der Waals surface area (Å²) in [5.41, 5.74) is 2.84. The number of hydrogen-bond donors (Lipinski definition) is 0. The topological polar surface area (TPSA) is 9.23 Å². The van der Waals surface area contributed by atoms with Crippen molar-refractivity contribution in [3.63, 3.8) is 0 Å². The molecule has 0 N–H and O–H groups in total. The van der Waals surface area contributed by atoms with Crippen molar-refractivity contribution in [1.29, 1.82) is 0 Å². The van der Waals surface area contributed by atoms with Gasteiger partial charge in [-0.2, -0.15) is 0 Å². The van der Waals surface area contributed by atoms with Gasteiger partial charge in [-0.15, -0.1) is 0 Å². The number of rotatable bonds is 3. The first-order chi connectivity index (χ1) is 11.1. The third kappa shape index (κ3) is 2.95. The molecular weight excluding hydrogens is 294 g/mol. The minimum atomic E-state index is -0.840. The van der Waals surface area contributed by atoms with Crippen LogP contribution in [0, 0.1) is 18.6 Å². The lowest BCUT2D eigenvalue weighted by Crippen LogP contribution is -1.94. The normalized spacial score (nSPS) is 10.6. The van der Waals surface area contributed by atoms with Crippen LogP contribution in [-0.2, 0) is 0 Å². The predicted octanol–water partition coefficient (Wildman–Crippen LogP) is 5.62. The quantitative estimate of drug-likeness (QED) is 0.610. The largest absolute Gasteiger partial charge is 0.497 e. The molecule has 0 bridgehead atoms. The highest BCUT2D eigenvalue weighted by molar-refractivity contribution is 5.72. The van der Waals surface area contributed by atoms with Crippen molar-refractivity contribution in [2.45, 2.75) is 6.92 Å². The summed E-state index contributed by atoms with van der Waals surface area (Å²) in [5, 5.41) is 0. The number of aryl methyl sites for hydroxylation is 1. The average molecular weight is 310 g/mol. The van der Waals surface area contributed by atoms with Gasteiger partial charge in [-0.3, -0.25) is 0 Å². The van der Waals surface area contributed by atoms with Crippen LogP contribution in [0.2, 0.25) is 0 Å². The highest BCUT2D eigenvalue weighted by atomic mass is 19.2. The summed E-state index contributed by atoms with van der Waals surface area (Å²) >= 11 is 0. The Kier molecular flexibility index (Phi) is 4.11. The van der Waals surface area contributed by atoms with Crippen LogP contribution >= 0.6 is 0 Å². The van der Waals surface area contributed by atoms with Gasteiger partial charge in [-0.1, -0.05) is 54.1 Å². The van der Waals surface area contributed by atoms with Crippen LogP contribution < -0.4 is 4.74 Å². The third-order valence-electron chi connectivity index (χ3n) is 3.85. The van der Waals surface area contributed by atoms with Crippen molar-refractivity contribution < 1.29 is 13.5 Å². The lowest BCUT2D eigenvalue weighted by atomic mass is 9.98. The molecule has 0 saturated carbocycles. The van der Waals surface area contributed by atoms with Crippen molar-refractivity contribution in [3.05, 3.63) is 77.9 Å². The number of hydrogen-bond acceptors (Lipinski definition) is 1. The molecular formula is C20H16F2O. The molecule has 0 saturated heterocycles. The fourth-order valence-corrected chi connectivity index (χ4v) is 2.50. The molecule has 0 aliphatic carbocycles. The molecule has 3 aromatic carbocycles. The van der Waals surface area contributed by atoms with E-state index in [4.69, 9.17) is 4.74 Å². The molecule has 0 unspecified atom stereocenters. The molecule has 0 aromatic heterocycles. The summed E-state index contributed by atoms with van der Waals surface area (Å²) in [6.45, 7) is 1.95. The predicted molar refractivity (Wildman–Crippen MR) is 88.5 cm³/mol. The van der Waals surface area contributed by atoms with E-state index in [1.165, 1.54) is 0 Å². The van der Waals surface area contributed by atoms with Crippen LogP contribution in [0.3, 0.4) is 0 Å². The van der Waals surface area contributed by atoms with E-state index in [-0.39, 0.29) is 11.1 Å². The lowest BCUT2D eigenvalue weighted by Gasteiger charge is -2.10. The molecule has 0 spiro atoms. The van der Waals surface area contributed by atoms with E-state index in [0.717, 1.165) is 5.56 Å². The smallest absolute Gasteiger partial charge is 0.167 e. The van der Waals surface area contributed by atoms with Crippen LogP contribution in [0.1, 0.15) is 5.56 Å². The molecule has 0 fully saturated rings. The molecule has 3 heteroatoms. The Balaban J connectivity index is 2.04. The molecule has 116 valence electrons. The van der Waals surface area contributed by atoms with Crippen molar-refractivity contribution in [1.82, 2.24) is 0 Å². The van der Waals surface area contributed by atoms with E-state index in [0.29, 0.717) is 16.9 Å². The van der Waals surface area contributed by atoms with Gasteiger partial charge in [-0.25, -0.2) is 8.78 Å². The van der Waals surface area contributed by atoms with Crippen LogP contribution in [0.5, 0.6) is 5.75 Å². The van der Waals surface area contributed by atoms with E-state index in [9.17, 15) is 8.78 Å². The standard InChI is InChI=1S/C20H16F2O/c1-13-3-5-14(6-4-13)17-11-12-18(20(22)19(17)21)15-7-9-16(23-2)10-8-15/h3-12H,1-2H3. The SMILES string of the molecule is COc1ccc(-c2ccc(-c3ccc(C)cc3)c(F)c2F)cc1. The molecule has 0 aliphatic heterocycles. The van der Waals surface area contributed by atoms with Crippen LogP contribution in [0.25, 0.3) is 22.3 Å². The summed E-state index contributed by atoms with van der Waals surface area (Å²) in [7, 11) is 1.56. The zero-order valence-corrected chi connectivity index (χ0v) is 12.9. The number of halogens is 2. The second kappa shape index (κ2) is 6.21. The van der Waals surface area contributed by atoms with Crippen LogP contribution in [0.15, 0.2) is 60.7 Å². The Labute approximate surface area is 134 Å². The number of ether oxygens (including phenoxy) is 1. The third-order valence-corrected chi connectivity index (χ3v) is 3.85. The van der Waals surface area contributed by atoms with Gasteiger partial charge in [-0.05, 0) is 30.2 Å². The maximum absolute atomic E-state index is 14.5. The van der Waals surface area contributed by atoms with Gasteiger partial charge in [0.25, 0.3) is 0 Å². The minimum Gasteiger partial charge on any atom is -0.497 e. The van der Waals surface area contributed by atoms with Crippen molar-refractivity contribution in [2.24, 2.45) is 0 Å². The fourth-order valence-electron chi connectivity index (χ4n) is 2.50. The highest BCUT2D eigenvalue weighted by Gasteiger charge is 2.15. The van der Waals surface area contributed by atoms with E-state index >= 15 is 0 Å². The molecule has 0 heterocycles. The zero-order chi connectivity index (χ0) is 16.4. The Hall–Kier alpha value is -2.68. The van der Waals surface area contributed by atoms with Crippen molar-refractivity contribution >= 4 is 0 Å². The van der Waals surface area contributed by atoms with Gasteiger partial charge in [0.1, 0.15) is 5.75 Å². The second-order valence-corrected chi connectivity index (χ2v) is 5.38. The highest BCUT2D eigenvalue weighted by Crippen LogP contribution is 2.32. The Morgan fingerprint density at radius 2 is 1.09 bits per heavy atom. The molecule has 1 nitrogen and oxygen atoms in total. The molecule has 0 radical (unpaired) electrons. The molecule has 3 rings (SSSR count). The first kappa shape index (κ1) is 15.2. The monoisotopic (exact) mass is 310 g/mol. The van der Waals surface area contributed by atoms with Crippen LogP contribution in [-0.4, -0.2) is 7.11 Å². The first-order valence-electron chi connectivity index (χ1n) is 7.29. The molecule has 0 amide bonds. The number of benzene rings is 3. The minimum absolute atomic E-state index is 0.237. The maximum Gasteiger partial charge on any atom is 0.167 e. The summed E-state index contributed by atoms with van der Waals surface area (Å²) in [6.07, 6.45) is 0. The van der Waals surface area contributed by atoms with E-state index in [1.54, 1.807) is 55.6 Å². The van der Waals surface area contributed by atoms with Gasteiger partial charge >= 0.3 is 0 Å². The lowest BCUT2D eigenvalue weighted by molar-refractivity contribution is 0.415. The van der Waals surface area contributed by atoms with Crippen LogP contribution in [0.4, 0.5) is 8.78 Å². The molecule has 3 aromatic rings. The Bertz CT molecular complexity index is 822.